The van der Waals surface area contributed by atoms with Crippen LogP contribution in [0.3, 0.4) is 0 Å². The number of benzene rings is 2. The minimum atomic E-state index is -4.59. The lowest BCUT2D eigenvalue weighted by Crippen LogP contribution is -2.25. The average Bonchev–Trinajstić information content (AvgIpc) is 3.56. The van der Waals surface area contributed by atoms with Crippen molar-refractivity contribution >= 4 is 27.9 Å². The smallest absolute Gasteiger partial charge is 0.420 e. The van der Waals surface area contributed by atoms with Crippen molar-refractivity contribution in [3.05, 3.63) is 63.7 Å². The summed E-state index contributed by atoms with van der Waals surface area (Å²) in [5.74, 6) is -0.529. The number of rotatable bonds is 7. The van der Waals surface area contributed by atoms with E-state index in [0.29, 0.717) is 16.9 Å². The van der Waals surface area contributed by atoms with Gasteiger partial charge >= 0.3 is 12.1 Å². The summed E-state index contributed by atoms with van der Waals surface area (Å²) in [6, 6.07) is 8.85. The van der Waals surface area contributed by atoms with E-state index in [1.807, 2.05) is 0 Å². The van der Waals surface area contributed by atoms with Crippen LogP contribution >= 0.6 is 0 Å². The molecule has 1 aliphatic carbocycles. The number of aromatic nitrogens is 4. The van der Waals surface area contributed by atoms with Crippen molar-refractivity contribution in [3.63, 3.8) is 0 Å². The second kappa shape index (κ2) is 8.71. The molecule has 2 aromatic carbocycles. The second-order valence-electron chi connectivity index (χ2n) is 8.37. The van der Waals surface area contributed by atoms with Gasteiger partial charge in [0, 0.05) is 11.5 Å². The molecule has 0 radical (unpaired) electrons. The highest BCUT2D eigenvalue weighted by Gasteiger charge is 2.36. The van der Waals surface area contributed by atoms with Crippen LogP contribution in [0.2, 0.25) is 0 Å². The van der Waals surface area contributed by atoms with E-state index in [0.717, 1.165) is 18.9 Å². The molecule has 0 atom stereocenters. The fourth-order valence-corrected chi connectivity index (χ4v) is 3.83. The molecule has 1 aliphatic rings. The van der Waals surface area contributed by atoms with Gasteiger partial charge in [-0.05, 0) is 43.9 Å². The van der Waals surface area contributed by atoms with E-state index in [-0.39, 0.29) is 48.0 Å². The maximum atomic E-state index is 13.7. The number of carbonyl (C=O) groups is 1. The molecule has 0 bridgehead atoms. The van der Waals surface area contributed by atoms with Crippen LogP contribution in [0.25, 0.3) is 21.9 Å². The van der Waals surface area contributed by atoms with Crippen LogP contribution in [0.15, 0.2) is 41.2 Å². The minimum Gasteiger partial charge on any atom is -0.493 e. The summed E-state index contributed by atoms with van der Waals surface area (Å²) in [5, 5.41) is 4.44. The Morgan fingerprint density at radius 2 is 2.00 bits per heavy atom. The number of hydrogen-bond acceptors (Lipinski definition) is 6. The molecule has 0 spiro atoms. The number of H-pyrrole nitrogens is 1. The first-order valence-electron chi connectivity index (χ1n) is 11.1. The number of halogens is 3. The molecule has 1 saturated carbocycles. The Bertz CT molecular complexity index is 1490. The zero-order valence-electron chi connectivity index (χ0n) is 18.7. The van der Waals surface area contributed by atoms with Gasteiger partial charge in [-0.3, -0.25) is 9.48 Å². The van der Waals surface area contributed by atoms with Gasteiger partial charge in [-0.25, -0.2) is 9.78 Å². The predicted molar refractivity (Wildman–Crippen MR) is 120 cm³/mol. The summed E-state index contributed by atoms with van der Waals surface area (Å²) in [6.07, 6.45) is -2.70. The molecule has 4 aromatic rings. The molecular formula is C24H21F3N4O4. The maximum absolute atomic E-state index is 13.7. The first-order valence-corrected chi connectivity index (χ1v) is 11.1. The van der Waals surface area contributed by atoms with Gasteiger partial charge in [0.05, 0.1) is 41.9 Å². The van der Waals surface area contributed by atoms with Crippen LogP contribution in [0.1, 0.15) is 41.6 Å². The van der Waals surface area contributed by atoms with E-state index in [1.54, 1.807) is 31.2 Å². The van der Waals surface area contributed by atoms with E-state index in [2.05, 4.69) is 15.1 Å². The Labute approximate surface area is 196 Å². The fourth-order valence-electron chi connectivity index (χ4n) is 3.83. The third kappa shape index (κ3) is 4.58. The zero-order valence-corrected chi connectivity index (χ0v) is 18.7. The van der Waals surface area contributed by atoms with Gasteiger partial charge < -0.3 is 14.5 Å². The molecule has 182 valence electrons. The number of carbonyl (C=O) groups excluding carboxylic acids is 1. The Morgan fingerprint density at radius 3 is 2.71 bits per heavy atom. The summed E-state index contributed by atoms with van der Waals surface area (Å²) in [5.41, 5.74) is -0.895. The quantitative estimate of drug-likeness (QED) is 0.391. The summed E-state index contributed by atoms with van der Waals surface area (Å²) in [4.78, 5) is 32.4. The molecule has 11 heteroatoms. The second-order valence-corrected chi connectivity index (χ2v) is 8.37. The SMILES string of the molecule is CCOC(=O)c1nn(Cc2nc3cc(OCC4CC4)c(C(F)(F)F)cc3[nH]2)c2ccccc2c1=O. The van der Waals surface area contributed by atoms with Gasteiger partial charge in [0.15, 0.2) is 0 Å². The molecule has 0 aliphatic heterocycles. The van der Waals surface area contributed by atoms with Crippen molar-refractivity contribution in [3.8, 4) is 5.75 Å². The maximum Gasteiger partial charge on any atom is 0.420 e. The van der Waals surface area contributed by atoms with Gasteiger partial charge in [-0.15, -0.1) is 0 Å². The van der Waals surface area contributed by atoms with Gasteiger partial charge in [0.2, 0.25) is 11.1 Å². The van der Waals surface area contributed by atoms with Crippen molar-refractivity contribution in [1.82, 2.24) is 19.7 Å². The molecule has 2 aromatic heterocycles. The lowest BCUT2D eigenvalue weighted by molar-refractivity contribution is -0.138. The van der Waals surface area contributed by atoms with Crippen LogP contribution in [0, 0.1) is 5.92 Å². The number of fused-ring (bicyclic) bond motifs is 2. The van der Waals surface area contributed by atoms with E-state index in [1.165, 1.54) is 10.7 Å². The first-order chi connectivity index (χ1) is 16.7. The van der Waals surface area contributed by atoms with Gasteiger partial charge in [0.1, 0.15) is 11.6 Å². The number of imidazole rings is 1. The summed E-state index contributed by atoms with van der Waals surface area (Å²) < 4.78 is 52.8. The fraction of sp³-hybridized carbons (Fsp3) is 0.333. The normalized spacial score (nSPS) is 13.9. The van der Waals surface area contributed by atoms with Crippen LogP contribution in [-0.2, 0) is 17.5 Å². The zero-order chi connectivity index (χ0) is 24.7. The minimum absolute atomic E-state index is 0.0263. The van der Waals surface area contributed by atoms with E-state index < -0.39 is 23.1 Å². The molecule has 1 fully saturated rings. The van der Waals surface area contributed by atoms with Gasteiger partial charge in [-0.2, -0.15) is 18.3 Å². The molecule has 2 heterocycles. The number of alkyl halides is 3. The highest BCUT2D eigenvalue weighted by molar-refractivity contribution is 5.91. The highest BCUT2D eigenvalue weighted by atomic mass is 19.4. The average molecular weight is 486 g/mol. The number of para-hydroxylation sites is 1. The van der Waals surface area contributed by atoms with Crippen molar-refractivity contribution in [1.29, 1.82) is 0 Å². The predicted octanol–water partition coefficient (Wildman–Crippen LogP) is 4.31. The summed E-state index contributed by atoms with van der Waals surface area (Å²) in [6.45, 7) is 1.89. The monoisotopic (exact) mass is 486 g/mol. The number of esters is 1. The number of nitrogens with one attached hydrogen (secondary N) is 1. The largest absolute Gasteiger partial charge is 0.493 e. The third-order valence-electron chi connectivity index (χ3n) is 5.74. The van der Waals surface area contributed by atoms with E-state index in [4.69, 9.17) is 9.47 Å². The third-order valence-corrected chi connectivity index (χ3v) is 5.74. The van der Waals surface area contributed by atoms with Crippen LogP contribution < -0.4 is 10.2 Å². The number of aromatic amines is 1. The Hall–Kier alpha value is -3.89. The first kappa shape index (κ1) is 22.9. The molecular weight excluding hydrogens is 465 g/mol. The lowest BCUT2D eigenvalue weighted by atomic mass is 10.1. The van der Waals surface area contributed by atoms with Gasteiger partial charge in [0.25, 0.3) is 0 Å². The Balaban J connectivity index is 1.56. The van der Waals surface area contributed by atoms with Crippen LogP contribution in [0.5, 0.6) is 5.75 Å². The standard InChI is InChI=1S/C24H21F3N4O4/c1-2-34-23(33)21-22(32)14-5-3-4-6-18(14)31(30-21)11-20-28-16-9-15(24(25,26)27)19(10-17(16)29-20)35-12-13-7-8-13/h3-6,9-10,13H,2,7-8,11-12H2,1H3,(H,28,29). The molecule has 35 heavy (non-hydrogen) atoms. The Kier molecular flexibility index (Phi) is 5.70. The van der Waals surface area contributed by atoms with Crippen molar-refractivity contribution in [2.75, 3.05) is 13.2 Å². The van der Waals surface area contributed by atoms with Gasteiger partial charge in [-0.1, -0.05) is 12.1 Å². The highest BCUT2D eigenvalue weighted by Crippen LogP contribution is 2.39. The Morgan fingerprint density at radius 1 is 1.23 bits per heavy atom. The number of ether oxygens (including phenoxy) is 2. The van der Waals surface area contributed by atoms with E-state index >= 15 is 0 Å². The molecule has 0 saturated heterocycles. The molecule has 0 amide bonds. The van der Waals surface area contributed by atoms with Crippen molar-refractivity contribution < 1.29 is 27.4 Å². The van der Waals surface area contributed by atoms with Crippen molar-refractivity contribution in [2.24, 2.45) is 5.92 Å². The van der Waals surface area contributed by atoms with Crippen LogP contribution in [0.4, 0.5) is 13.2 Å². The lowest BCUT2D eigenvalue weighted by Gasteiger charge is -2.13. The molecule has 8 nitrogen and oxygen atoms in total. The molecule has 1 N–H and O–H groups in total. The number of nitrogens with zero attached hydrogens (tertiary/aromatic N) is 3. The summed E-state index contributed by atoms with van der Waals surface area (Å²) in [7, 11) is 0. The van der Waals surface area contributed by atoms with Crippen molar-refractivity contribution in [2.45, 2.75) is 32.5 Å². The number of hydrogen-bond donors (Lipinski definition) is 1. The summed E-state index contributed by atoms with van der Waals surface area (Å²) >= 11 is 0. The van der Waals surface area contributed by atoms with Crippen LogP contribution in [-0.4, -0.2) is 38.9 Å². The topological polar surface area (TPSA) is 99.1 Å². The van der Waals surface area contributed by atoms with E-state index in [9.17, 15) is 22.8 Å². The molecule has 5 rings (SSSR count). The molecule has 0 unspecified atom stereocenters.